The van der Waals surface area contributed by atoms with Gasteiger partial charge in [-0.2, -0.15) is 26.3 Å². The fraction of sp³-hybridized carbons (Fsp3) is 0.414. The number of halogens is 6. The van der Waals surface area contributed by atoms with Crippen LogP contribution >= 0.6 is 0 Å². The van der Waals surface area contributed by atoms with E-state index in [1.807, 2.05) is 0 Å². The van der Waals surface area contributed by atoms with Crippen LogP contribution in [-0.2, 0) is 53.0 Å². The molecule has 1 aliphatic heterocycles. The smallest absolute Gasteiger partial charge is 0.501 e. The molecule has 0 unspecified atom stereocenters. The van der Waals surface area contributed by atoms with Gasteiger partial charge in [0, 0.05) is 36.7 Å². The maximum atomic E-state index is 13.4. The highest BCUT2D eigenvalue weighted by atomic mass is 32.2. The quantitative estimate of drug-likeness (QED) is 0.130. The number of rotatable bonds is 14. The lowest BCUT2D eigenvalue weighted by atomic mass is 10.2. The molecular formula is C29H31F6N4O10S4-. The molecule has 2 heterocycles. The first-order chi connectivity index (χ1) is 24.2. The third kappa shape index (κ3) is 8.82. The molecule has 0 saturated carbocycles. The van der Waals surface area contributed by atoms with Crippen LogP contribution in [0.4, 0.5) is 37.7 Å². The SMILES string of the molecule is CCN1C(=CC=Cc2n(CCCS(=O)(=O)[O-])c3cc(S(=O)(=O)C(F)(F)F)ccc3[n+]2CC)N(CCCS(=O)(=O)[O-])c2cc(S(=O)(=O)C(F)(F)F)ccc21. The highest BCUT2D eigenvalue weighted by Gasteiger charge is 2.48. The van der Waals surface area contributed by atoms with E-state index in [9.17, 15) is 69.1 Å². The lowest BCUT2D eigenvalue weighted by molar-refractivity contribution is -0.670. The lowest BCUT2D eigenvalue weighted by Gasteiger charge is -2.24. The summed E-state index contributed by atoms with van der Waals surface area (Å²) in [5.74, 6) is -1.36. The zero-order chi connectivity index (χ0) is 39.9. The molecule has 0 radical (unpaired) electrons. The summed E-state index contributed by atoms with van der Waals surface area (Å²) < 4.78 is 200. The Balaban J connectivity index is 1.90. The van der Waals surface area contributed by atoms with E-state index in [4.69, 9.17) is 0 Å². The largest absolute Gasteiger partial charge is 0.748 e. The summed E-state index contributed by atoms with van der Waals surface area (Å²) >= 11 is 0. The molecule has 0 amide bonds. The zero-order valence-corrected chi connectivity index (χ0v) is 30.9. The predicted molar refractivity (Wildman–Crippen MR) is 177 cm³/mol. The molecule has 24 heteroatoms. The van der Waals surface area contributed by atoms with Crippen LogP contribution in [-0.4, -0.2) is 83.0 Å². The summed E-state index contributed by atoms with van der Waals surface area (Å²) in [7, 11) is -21.1. The molecule has 2 aromatic carbocycles. The fourth-order valence-corrected chi connectivity index (χ4v) is 8.32. The number of alkyl halides is 6. The maximum absolute atomic E-state index is 13.4. The number of fused-ring (bicyclic) bond motifs is 2. The van der Waals surface area contributed by atoms with Crippen LogP contribution in [0.15, 0.2) is 64.2 Å². The Morgan fingerprint density at radius 2 is 1.25 bits per heavy atom. The van der Waals surface area contributed by atoms with Gasteiger partial charge in [0.25, 0.3) is 25.5 Å². The Hall–Kier alpha value is -3.71. The molecule has 3 aromatic rings. The Morgan fingerprint density at radius 3 is 1.75 bits per heavy atom. The van der Waals surface area contributed by atoms with Crippen LogP contribution in [0.1, 0.15) is 32.5 Å². The Labute approximate surface area is 300 Å². The number of hydrogen-bond donors (Lipinski definition) is 0. The second kappa shape index (κ2) is 14.8. The molecule has 0 fully saturated rings. The topological polar surface area (TPSA) is 198 Å². The van der Waals surface area contributed by atoms with E-state index in [1.165, 1.54) is 27.7 Å². The van der Waals surface area contributed by atoms with Crippen LogP contribution in [0.2, 0.25) is 0 Å². The number of benzene rings is 2. The number of hydrogen-bond acceptors (Lipinski definition) is 12. The van der Waals surface area contributed by atoms with Gasteiger partial charge < -0.3 is 18.9 Å². The van der Waals surface area contributed by atoms with E-state index in [0.29, 0.717) is 0 Å². The van der Waals surface area contributed by atoms with Crippen molar-refractivity contribution < 1.29 is 73.7 Å². The van der Waals surface area contributed by atoms with Crippen molar-refractivity contribution in [3.05, 3.63) is 60.2 Å². The lowest BCUT2D eigenvalue weighted by Crippen LogP contribution is -2.35. The third-order valence-electron chi connectivity index (χ3n) is 8.07. The summed E-state index contributed by atoms with van der Waals surface area (Å²) in [5.41, 5.74) is -10.9. The number of anilines is 2. The molecule has 0 atom stereocenters. The molecule has 0 spiro atoms. The highest BCUT2D eigenvalue weighted by molar-refractivity contribution is 7.92. The molecule has 0 saturated heterocycles. The van der Waals surface area contributed by atoms with E-state index >= 15 is 0 Å². The molecular weight excluding hydrogens is 807 g/mol. The molecule has 0 N–H and O–H groups in total. The first-order valence-electron chi connectivity index (χ1n) is 15.4. The van der Waals surface area contributed by atoms with Gasteiger partial charge in [-0.3, -0.25) is 0 Å². The normalized spacial score (nSPS) is 15.7. The summed E-state index contributed by atoms with van der Waals surface area (Å²) in [6.45, 7) is 3.01. The van der Waals surface area contributed by atoms with Gasteiger partial charge in [-0.1, -0.05) is 6.08 Å². The Morgan fingerprint density at radius 1 is 0.717 bits per heavy atom. The van der Waals surface area contributed by atoms with Crippen LogP contribution in [0.25, 0.3) is 17.1 Å². The number of aryl methyl sites for hydroxylation is 2. The van der Waals surface area contributed by atoms with Gasteiger partial charge in [0.05, 0.1) is 54.5 Å². The number of sulfone groups is 2. The van der Waals surface area contributed by atoms with Crippen molar-refractivity contribution in [3.8, 4) is 0 Å². The summed E-state index contributed by atoms with van der Waals surface area (Å²) in [5, 5.41) is 0. The Bertz CT molecular complexity index is 2410. The van der Waals surface area contributed by atoms with Crippen molar-refractivity contribution in [2.24, 2.45) is 0 Å². The molecule has 1 aliphatic rings. The van der Waals surface area contributed by atoms with Gasteiger partial charge in [0.1, 0.15) is 5.82 Å². The Kier molecular flexibility index (Phi) is 11.8. The first kappa shape index (κ1) is 42.0. The number of aromatic nitrogens is 2. The average molecular weight is 838 g/mol. The summed E-state index contributed by atoms with van der Waals surface area (Å²) in [6.07, 6.45) is 3.53. The maximum Gasteiger partial charge on any atom is 0.501 e. The van der Waals surface area contributed by atoms with Crippen molar-refractivity contribution in [1.29, 1.82) is 0 Å². The van der Waals surface area contributed by atoms with E-state index in [1.54, 1.807) is 23.3 Å². The van der Waals surface area contributed by atoms with E-state index in [-0.39, 0.29) is 73.1 Å². The fourth-order valence-electron chi connectivity index (χ4n) is 5.80. The van der Waals surface area contributed by atoms with Gasteiger partial charge in [-0.05, 0) is 63.1 Å². The van der Waals surface area contributed by atoms with E-state index < -0.39 is 72.2 Å². The second-order valence-corrected chi connectivity index (χ2v) is 18.4. The minimum atomic E-state index is -5.81. The van der Waals surface area contributed by atoms with Gasteiger partial charge in [-0.25, -0.2) is 42.8 Å². The molecule has 0 bridgehead atoms. The standard InChI is InChI=1S/C29H32F6N4O10S4/c1-3-36-22-12-10-20(52(46,47)28(30,31)32)18-24(22)38(14-6-16-50(40,41)42)26(36)8-5-9-27-37(4-2)23-13-11-21(53(48,49)29(33,34)35)19-25(23)39(27)15-7-17-51(43,44)45/h5,8-13,18-19H,3-4,6-7,14-17H2,1-2H3,(H-,40,41,42,43,44,45)/p-1. The summed E-state index contributed by atoms with van der Waals surface area (Å²) in [4.78, 5) is 0.657. The third-order valence-corrected chi connectivity index (χ3v) is 12.6. The van der Waals surface area contributed by atoms with Crippen LogP contribution < -0.4 is 14.4 Å². The molecule has 14 nitrogen and oxygen atoms in total. The molecule has 0 aliphatic carbocycles. The monoisotopic (exact) mass is 837 g/mol. The van der Waals surface area contributed by atoms with Gasteiger partial charge >= 0.3 is 11.0 Å². The number of nitrogens with zero attached hydrogens (tertiary/aromatic N) is 4. The molecule has 294 valence electrons. The second-order valence-electron chi connectivity index (χ2n) is 11.5. The van der Waals surface area contributed by atoms with Crippen LogP contribution in [0.3, 0.4) is 0 Å². The van der Waals surface area contributed by atoms with E-state index in [2.05, 4.69) is 0 Å². The predicted octanol–water partition coefficient (Wildman–Crippen LogP) is 3.61. The summed E-state index contributed by atoms with van der Waals surface area (Å²) in [6, 6.07) is 5.27. The van der Waals surface area contributed by atoms with Crippen molar-refractivity contribution in [1.82, 2.24) is 4.57 Å². The van der Waals surface area contributed by atoms with Crippen LogP contribution in [0, 0.1) is 0 Å². The minimum absolute atomic E-state index is 0.0601. The molecule has 53 heavy (non-hydrogen) atoms. The average Bonchev–Trinajstić information content (AvgIpc) is 3.48. The van der Waals surface area contributed by atoms with Gasteiger partial charge in [0.15, 0.2) is 11.0 Å². The zero-order valence-electron chi connectivity index (χ0n) is 27.6. The molecule has 1 aromatic heterocycles. The molecule has 4 rings (SSSR count). The van der Waals surface area contributed by atoms with E-state index in [0.717, 1.165) is 36.4 Å². The van der Waals surface area contributed by atoms with Gasteiger partial charge in [0.2, 0.25) is 0 Å². The minimum Gasteiger partial charge on any atom is -0.748 e. The first-order valence-corrected chi connectivity index (χ1v) is 21.5. The van der Waals surface area contributed by atoms with Crippen molar-refractivity contribution in [2.75, 3.05) is 34.4 Å². The number of imidazole rings is 1. The number of allylic oxidation sites excluding steroid dienone is 2. The van der Waals surface area contributed by atoms with Crippen molar-refractivity contribution in [3.63, 3.8) is 0 Å². The van der Waals surface area contributed by atoms with Crippen molar-refractivity contribution >= 4 is 68.4 Å². The van der Waals surface area contributed by atoms with Gasteiger partial charge in [-0.15, -0.1) is 0 Å². The van der Waals surface area contributed by atoms with Crippen molar-refractivity contribution in [2.45, 2.75) is 60.6 Å². The van der Waals surface area contributed by atoms with Crippen LogP contribution in [0.5, 0.6) is 0 Å². The highest BCUT2D eigenvalue weighted by Crippen LogP contribution is 2.44.